The van der Waals surface area contributed by atoms with Crippen LogP contribution in [0.15, 0.2) is 12.3 Å². The van der Waals surface area contributed by atoms with Gasteiger partial charge in [0.15, 0.2) is 0 Å². The predicted octanol–water partition coefficient (Wildman–Crippen LogP) is 0.214. The molecule has 10 heteroatoms. The molecule has 0 spiro atoms. The minimum absolute atomic E-state index is 0.139. The Kier molecular flexibility index (Phi) is 4.02. The number of pyridine rings is 1. The number of rotatable bonds is 4. The van der Waals surface area contributed by atoms with E-state index in [1.165, 1.54) is 0 Å². The standard InChI is InChI=1S/C12H11N3O7/c1-22-12(19)6-2-8(15(20)21)10(13-4-6)14-5-7(11(17)18)3-9(14)16/h2,4,7H,3,5H2,1H3,(H,17,18). The highest BCUT2D eigenvalue weighted by Crippen LogP contribution is 2.31. The zero-order valence-electron chi connectivity index (χ0n) is 11.4. The van der Waals surface area contributed by atoms with Gasteiger partial charge in [0.25, 0.3) is 0 Å². The van der Waals surface area contributed by atoms with Crippen molar-refractivity contribution in [2.75, 3.05) is 18.6 Å². The van der Waals surface area contributed by atoms with Gasteiger partial charge >= 0.3 is 17.6 Å². The van der Waals surface area contributed by atoms with Crippen LogP contribution in [0.5, 0.6) is 0 Å². The fourth-order valence-corrected chi connectivity index (χ4v) is 2.10. The quantitative estimate of drug-likeness (QED) is 0.473. The largest absolute Gasteiger partial charge is 0.481 e. The highest BCUT2D eigenvalue weighted by molar-refractivity contribution is 6.00. The first-order chi connectivity index (χ1) is 10.3. The second kappa shape index (κ2) is 5.76. The van der Waals surface area contributed by atoms with E-state index < -0.39 is 34.4 Å². The van der Waals surface area contributed by atoms with Crippen molar-refractivity contribution < 1.29 is 29.2 Å². The zero-order valence-corrected chi connectivity index (χ0v) is 11.4. The van der Waals surface area contributed by atoms with Crippen LogP contribution in [0.25, 0.3) is 0 Å². The lowest BCUT2D eigenvalue weighted by atomic mass is 10.1. The topological polar surface area (TPSA) is 140 Å². The van der Waals surface area contributed by atoms with Crippen LogP contribution in [-0.4, -0.2) is 46.5 Å². The van der Waals surface area contributed by atoms with Gasteiger partial charge in [-0.25, -0.2) is 9.78 Å². The van der Waals surface area contributed by atoms with Crippen molar-refractivity contribution in [2.45, 2.75) is 6.42 Å². The molecule has 1 aromatic rings. The maximum absolute atomic E-state index is 11.8. The van der Waals surface area contributed by atoms with Crippen molar-refractivity contribution in [3.8, 4) is 0 Å². The lowest BCUT2D eigenvalue weighted by Gasteiger charge is -2.15. The zero-order chi connectivity index (χ0) is 16.4. The summed E-state index contributed by atoms with van der Waals surface area (Å²) in [4.78, 5) is 49.2. The minimum Gasteiger partial charge on any atom is -0.481 e. The second-order valence-corrected chi connectivity index (χ2v) is 4.56. The maximum atomic E-state index is 11.8. The summed E-state index contributed by atoms with van der Waals surface area (Å²) in [5.74, 6) is -3.78. The Hall–Kier alpha value is -3.04. The number of carbonyl (C=O) groups excluding carboxylic acids is 2. The van der Waals surface area contributed by atoms with Crippen molar-refractivity contribution in [1.29, 1.82) is 0 Å². The van der Waals surface area contributed by atoms with Crippen molar-refractivity contribution in [3.63, 3.8) is 0 Å². The third-order valence-corrected chi connectivity index (χ3v) is 3.19. The Bertz CT molecular complexity index is 673. The number of carbonyl (C=O) groups is 3. The number of anilines is 1. The molecule has 22 heavy (non-hydrogen) atoms. The summed E-state index contributed by atoms with van der Waals surface area (Å²) in [6.07, 6.45) is 0.780. The molecule has 0 saturated carbocycles. The molecule has 1 saturated heterocycles. The van der Waals surface area contributed by atoms with Crippen LogP contribution in [0.3, 0.4) is 0 Å². The summed E-state index contributed by atoms with van der Waals surface area (Å²) < 4.78 is 4.45. The molecule has 1 atom stereocenters. The lowest BCUT2D eigenvalue weighted by Crippen LogP contribution is -2.27. The second-order valence-electron chi connectivity index (χ2n) is 4.56. The van der Waals surface area contributed by atoms with E-state index in [1.807, 2.05) is 0 Å². The summed E-state index contributed by atoms with van der Waals surface area (Å²) in [6.45, 7) is -0.209. The van der Waals surface area contributed by atoms with Crippen LogP contribution in [0.1, 0.15) is 16.8 Å². The molecule has 0 bridgehead atoms. The highest BCUT2D eigenvalue weighted by Gasteiger charge is 2.38. The lowest BCUT2D eigenvalue weighted by molar-refractivity contribution is -0.384. The number of aromatic nitrogens is 1. The van der Waals surface area contributed by atoms with E-state index in [-0.39, 0.29) is 24.3 Å². The number of methoxy groups -OCH3 is 1. The molecule has 0 radical (unpaired) electrons. The number of nitrogens with zero attached hydrogens (tertiary/aromatic N) is 3. The number of nitro groups is 1. The highest BCUT2D eigenvalue weighted by atomic mass is 16.6. The Morgan fingerprint density at radius 3 is 2.73 bits per heavy atom. The number of ether oxygens (including phenoxy) is 1. The van der Waals surface area contributed by atoms with Gasteiger partial charge in [-0.15, -0.1) is 0 Å². The van der Waals surface area contributed by atoms with Gasteiger partial charge in [0.05, 0.1) is 23.5 Å². The Morgan fingerprint density at radius 2 is 2.23 bits per heavy atom. The predicted molar refractivity (Wildman–Crippen MR) is 70.3 cm³/mol. The number of esters is 1. The fourth-order valence-electron chi connectivity index (χ4n) is 2.10. The number of aliphatic carboxylic acids is 1. The van der Waals surface area contributed by atoms with Crippen LogP contribution in [0.4, 0.5) is 11.5 Å². The first kappa shape index (κ1) is 15.4. The smallest absolute Gasteiger partial charge is 0.339 e. The SMILES string of the molecule is COC(=O)c1cnc(N2CC(C(=O)O)CC2=O)c([N+](=O)[O-])c1. The van der Waals surface area contributed by atoms with Gasteiger partial charge in [-0.2, -0.15) is 0 Å². The first-order valence-corrected chi connectivity index (χ1v) is 6.11. The van der Waals surface area contributed by atoms with Crippen LogP contribution < -0.4 is 4.90 Å². The summed E-state index contributed by atoms with van der Waals surface area (Å²) in [6, 6.07) is 0.940. The van der Waals surface area contributed by atoms with Crippen molar-refractivity contribution in [2.24, 2.45) is 5.92 Å². The third-order valence-electron chi connectivity index (χ3n) is 3.19. The first-order valence-electron chi connectivity index (χ1n) is 6.11. The normalized spacial score (nSPS) is 17.4. The average Bonchev–Trinajstić information content (AvgIpc) is 2.87. The van der Waals surface area contributed by atoms with E-state index in [0.717, 1.165) is 24.3 Å². The van der Waals surface area contributed by atoms with Crippen LogP contribution in [0, 0.1) is 16.0 Å². The molecule has 1 fully saturated rings. The average molecular weight is 309 g/mol. The summed E-state index contributed by atoms with van der Waals surface area (Å²) in [7, 11) is 1.11. The minimum atomic E-state index is -1.16. The molecule has 1 amide bonds. The van der Waals surface area contributed by atoms with Gasteiger partial charge in [0, 0.05) is 25.2 Å². The Labute approximate surface area is 123 Å². The number of carboxylic acids is 1. The maximum Gasteiger partial charge on any atom is 0.339 e. The Morgan fingerprint density at radius 1 is 1.55 bits per heavy atom. The van der Waals surface area contributed by atoms with Crippen LogP contribution >= 0.6 is 0 Å². The van der Waals surface area contributed by atoms with Gasteiger partial charge in [0.2, 0.25) is 11.7 Å². The molecule has 1 unspecified atom stereocenters. The number of carboxylic acid groups (broad SMARTS) is 1. The van der Waals surface area contributed by atoms with E-state index in [0.29, 0.717) is 0 Å². The summed E-state index contributed by atoms with van der Waals surface area (Å²) >= 11 is 0. The molecule has 0 aliphatic carbocycles. The van der Waals surface area contributed by atoms with E-state index in [4.69, 9.17) is 5.11 Å². The van der Waals surface area contributed by atoms with Crippen molar-refractivity contribution in [3.05, 3.63) is 27.9 Å². The number of amides is 1. The van der Waals surface area contributed by atoms with E-state index in [2.05, 4.69) is 9.72 Å². The van der Waals surface area contributed by atoms with Crippen molar-refractivity contribution >= 4 is 29.4 Å². The molecule has 10 nitrogen and oxygen atoms in total. The molecule has 1 aromatic heterocycles. The fraction of sp³-hybridized carbons (Fsp3) is 0.333. The monoisotopic (exact) mass is 309 g/mol. The van der Waals surface area contributed by atoms with Crippen LogP contribution in [-0.2, 0) is 14.3 Å². The molecule has 0 aromatic carbocycles. The van der Waals surface area contributed by atoms with E-state index >= 15 is 0 Å². The van der Waals surface area contributed by atoms with Crippen molar-refractivity contribution in [1.82, 2.24) is 4.98 Å². The molecular weight excluding hydrogens is 298 g/mol. The van der Waals surface area contributed by atoms with Gasteiger partial charge < -0.3 is 9.84 Å². The summed E-state index contributed by atoms with van der Waals surface area (Å²) in [5, 5.41) is 20.1. The molecule has 1 aliphatic heterocycles. The summed E-state index contributed by atoms with van der Waals surface area (Å²) in [5.41, 5.74) is -0.707. The Balaban J connectivity index is 2.43. The van der Waals surface area contributed by atoms with E-state index in [9.17, 15) is 24.5 Å². The third kappa shape index (κ3) is 2.71. The molecule has 116 valence electrons. The molecular formula is C12H11N3O7. The van der Waals surface area contributed by atoms with Gasteiger partial charge in [-0.3, -0.25) is 24.6 Å². The number of hydrogen-bond donors (Lipinski definition) is 1. The van der Waals surface area contributed by atoms with Gasteiger partial charge in [-0.1, -0.05) is 0 Å². The van der Waals surface area contributed by atoms with E-state index in [1.54, 1.807) is 0 Å². The van der Waals surface area contributed by atoms with Crippen LogP contribution in [0.2, 0.25) is 0 Å². The molecule has 1 N–H and O–H groups in total. The van der Waals surface area contributed by atoms with Gasteiger partial charge in [-0.05, 0) is 0 Å². The van der Waals surface area contributed by atoms with Gasteiger partial charge in [0.1, 0.15) is 0 Å². The molecule has 2 heterocycles. The number of hydrogen-bond acceptors (Lipinski definition) is 7. The molecule has 2 rings (SSSR count). The molecule has 1 aliphatic rings.